The normalized spacial score (nSPS) is 28.3. The van der Waals surface area contributed by atoms with Crippen molar-refractivity contribution in [2.45, 2.75) is 50.4 Å². The number of halogens is 3. The molecule has 21 heavy (non-hydrogen) atoms. The van der Waals surface area contributed by atoms with Crippen LogP contribution >= 0.6 is 0 Å². The summed E-state index contributed by atoms with van der Waals surface area (Å²) in [7, 11) is 0. The Morgan fingerprint density at radius 1 is 1.24 bits per heavy atom. The molecule has 0 amide bonds. The van der Waals surface area contributed by atoms with Crippen LogP contribution in [-0.4, -0.2) is 23.4 Å². The zero-order valence-electron chi connectivity index (χ0n) is 12.2. The smallest absolute Gasteiger partial charge is 0.394 e. The van der Waals surface area contributed by atoms with E-state index in [1.54, 1.807) is 18.2 Å². The lowest BCUT2D eigenvalue weighted by molar-refractivity contribution is -0.165. The van der Waals surface area contributed by atoms with E-state index in [2.05, 4.69) is 12.2 Å². The first kappa shape index (κ1) is 16.3. The summed E-state index contributed by atoms with van der Waals surface area (Å²) in [6, 6.07) is 6.11. The average Bonchev–Trinajstić information content (AvgIpc) is 2.47. The topological polar surface area (TPSA) is 32.3 Å². The van der Waals surface area contributed by atoms with Gasteiger partial charge in [0, 0.05) is 5.54 Å². The number of aliphatic hydroxyl groups is 1. The van der Waals surface area contributed by atoms with Crippen molar-refractivity contribution in [3.05, 3.63) is 35.9 Å². The van der Waals surface area contributed by atoms with Crippen LogP contribution in [0.25, 0.3) is 0 Å². The quantitative estimate of drug-likeness (QED) is 0.886. The maximum absolute atomic E-state index is 13.4. The second kappa shape index (κ2) is 6.36. The summed E-state index contributed by atoms with van der Waals surface area (Å²) in [5, 5.41) is 12.4. The SMILES string of the molecule is CC1CCC(CO)(NC(c2ccccc2)C(F)(F)F)CC1. The van der Waals surface area contributed by atoms with Gasteiger partial charge in [-0.3, -0.25) is 5.32 Å². The van der Waals surface area contributed by atoms with Crippen molar-refractivity contribution in [3.8, 4) is 0 Å². The average molecular weight is 301 g/mol. The summed E-state index contributed by atoms with van der Waals surface area (Å²) >= 11 is 0. The molecular formula is C16H22F3NO. The van der Waals surface area contributed by atoms with E-state index < -0.39 is 17.8 Å². The molecule has 0 aliphatic heterocycles. The maximum Gasteiger partial charge on any atom is 0.407 e. The molecule has 1 unspecified atom stereocenters. The lowest BCUT2D eigenvalue weighted by Crippen LogP contribution is -2.54. The fourth-order valence-electron chi connectivity index (χ4n) is 2.97. The first-order valence-electron chi connectivity index (χ1n) is 7.36. The molecule has 1 atom stereocenters. The monoisotopic (exact) mass is 301 g/mol. The molecule has 0 heterocycles. The number of hydrogen-bond donors (Lipinski definition) is 2. The van der Waals surface area contributed by atoms with Crippen LogP contribution in [0.1, 0.15) is 44.2 Å². The minimum Gasteiger partial charge on any atom is -0.394 e. The van der Waals surface area contributed by atoms with Crippen molar-refractivity contribution < 1.29 is 18.3 Å². The first-order valence-corrected chi connectivity index (χ1v) is 7.36. The molecular weight excluding hydrogens is 279 g/mol. The molecule has 2 N–H and O–H groups in total. The number of hydrogen-bond acceptors (Lipinski definition) is 2. The van der Waals surface area contributed by atoms with E-state index in [4.69, 9.17) is 0 Å². The third kappa shape index (κ3) is 3.98. The summed E-state index contributed by atoms with van der Waals surface area (Å²) in [4.78, 5) is 0. The molecule has 0 radical (unpaired) electrons. The fourth-order valence-corrected chi connectivity index (χ4v) is 2.97. The number of benzene rings is 1. The van der Waals surface area contributed by atoms with Crippen LogP contribution < -0.4 is 5.32 Å². The van der Waals surface area contributed by atoms with Crippen LogP contribution in [0.3, 0.4) is 0 Å². The molecule has 2 rings (SSSR count). The molecule has 0 spiro atoms. The number of alkyl halides is 3. The molecule has 0 saturated heterocycles. The van der Waals surface area contributed by atoms with Gasteiger partial charge in [0.2, 0.25) is 0 Å². The van der Waals surface area contributed by atoms with Gasteiger partial charge in [0.05, 0.1) is 6.61 Å². The summed E-state index contributed by atoms with van der Waals surface area (Å²) in [6.45, 7) is 1.83. The zero-order chi connectivity index (χ0) is 15.5. The Morgan fingerprint density at radius 2 is 1.81 bits per heavy atom. The molecule has 1 aliphatic rings. The van der Waals surface area contributed by atoms with E-state index in [1.165, 1.54) is 12.1 Å². The van der Waals surface area contributed by atoms with Crippen molar-refractivity contribution in [1.82, 2.24) is 5.32 Å². The van der Waals surface area contributed by atoms with E-state index in [1.807, 2.05) is 0 Å². The highest BCUT2D eigenvalue weighted by atomic mass is 19.4. The highest BCUT2D eigenvalue weighted by Crippen LogP contribution is 2.39. The van der Waals surface area contributed by atoms with Gasteiger partial charge in [-0.1, -0.05) is 37.3 Å². The van der Waals surface area contributed by atoms with Gasteiger partial charge in [-0.15, -0.1) is 0 Å². The van der Waals surface area contributed by atoms with E-state index in [0.717, 1.165) is 12.8 Å². The second-order valence-electron chi connectivity index (χ2n) is 6.15. The van der Waals surface area contributed by atoms with Crippen LogP contribution in [0.5, 0.6) is 0 Å². The van der Waals surface area contributed by atoms with E-state index in [0.29, 0.717) is 18.8 Å². The summed E-state index contributed by atoms with van der Waals surface area (Å²) in [5.41, 5.74) is -0.640. The highest BCUT2D eigenvalue weighted by Gasteiger charge is 2.46. The fraction of sp³-hybridized carbons (Fsp3) is 0.625. The molecule has 118 valence electrons. The molecule has 0 bridgehead atoms. The summed E-state index contributed by atoms with van der Waals surface area (Å²) in [6.07, 6.45) is -1.55. The highest BCUT2D eigenvalue weighted by molar-refractivity contribution is 5.21. The van der Waals surface area contributed by atoms with Crippen molar-refractivity contribution in [2.24, 2.45) is 5.92 Å². The van der Waals surface area contributed by atoms with Crippen LogP contribution in [-0.2, 0) is 0 Å². The Morgan fingerprint density at radius 3 is 2.29 bits per heavy atom. The largest absolute Gasteiger partial charge is 0.407 e. The summed E-state index contributed by atoms with van der Waals surface area (Å²) in [5.74, 6) is 0.507. The number of aliphatic hydroxyl groups excluding tert-OH is 1. The van der Waals surface area contributed by atoms with Crippen molar-refractivity contribution >= 4 is 0 Å². The van der Waals surface area contributed by atoms with Gasteiger partial charge >= 0.3 is 6.18 Å². The Labute approximate surface area is 123 Å². The third-order valence-corrected chi connectivity index (χ3v) is 4.44. The van der Waals surface area contributed by atoms with E-state index in [9.17, 15) is 18.3 Å². The molecule has 1 aromatic rings. The predicted molar refractivity (Wildman–Crippen MR) is 75.8 cm³/mol. The molecule has 1 aromatic carbocycles. The Balaban J connectivity index is 2.22. The van der Waals surface area contributed by atoms with E-state index in [-0.39, 0.29) is 12.2 Å². The van der Waals surface area contributed by atoms with Gasteiger partial charge in [0.1, 0.15) is 6.04 Å². The third-order valence-electron chi connectivity index (χ3n) is 4.44. The first-order chi connectivity index (χ1) is 9.86. The van der Waals surface area contributed by atoms with Gasteiger partial charge in [0.25, 0.3) is 0 Å². The van der Waals surface area contributed by atoms with Gasteiger partial charge in [-0.2, -0.15) is 13.2 Å². The van der Waals surface area contributed by atoms with Gasteiger partial charge in [0.15, 0.2) is 0 Å². The van der Waals surface area contributed by atoms with Crippen molar-refractivity contribution in [2.75, 3.05) is 6.61 Å². The van der Waals surface area contributed by atoms with Crippen molar-refractivity contribution in [1.29, 1.82) is 0 Å². The van der Waals surface area contributed by atoms with Crippen LogP contribution in [0.2, 0.25) is 0 Å². The van der Waals surface area contributed by atoms with E-state index >= 15 is 0 Å². The van der Waals surface area contributed by atoms with Crippen molar-refractivity contribution in [3.63, 3.8) is 0 Å². The van der Waals surface area contributed by atoms with Gasteiger partial charge in [-0.25, -0.2) is 0 Å². The molecule has 1 saturated carbocycles. The Hall–Kier alpha value is -1.07. The predicted octanol–water partition coefficient (Wildman–Crippen LogP) is 3.82. The van der Waals surface area contributed by atoms with Crippen LogP contribution in [0, 0.1) is 5.92 Å². The van der Waals surface area contributed by atoms with Crippen LogP contribution in [0.4, 0.5) is 13.2 Å². The lowest BCUT2D eigenvalue weighted by atomic mass is 9.77. The Kier molecular flexibility index (Phi) is 4.94. The lowest BCUT2D eigenvalue weighted by Gasteiger charge is -2.42. The summed E-state index contributed by atoms with van der Waals surface area (Å²) < 4.78 is 40.2. The maximum atomic E-state index is 13.4. The molecule has 1 aliphatic carbocycles. The number of rotatable bonds is 4. The molecule has 5 heteroatoms. The van der Waals surface area contributed by atoms with Gasteiger partial charge < -0.3 is 5.11 Å². The second-order valence-corrected chi connectivity index (χ2v) is 6.15. The molecule has 0 aromatic heterocycles. The Bertz CT molecular complexity index is 439. The number of nitrogens with one attached hydrogen (secondary N) is 1. The van der Waals surface area contributed by atoms with Gasteiger partial charge in [-0.05, 0) is 37.2 Å². The minimum absolute atomic E-state index is 0.191. The van der Waals surface area contributed by atoms with Crippen LogP contribution in [0.15, 0.2) is 30.3 Å². The molecule has 2 nitrogen and oxygen atoms in total. The minimum atomic E-state index is -4.38. The zero-order valence-corrected chi connectivity index (χ0v) is 12.2. The molecule has 1 fully saturated rings. The standard InChI is InChI=1S/C16H22F3NO/c1-12-7-9-15(11-21,10-8-12)20-14(16(17,18)19)13-5-3-2-4-6-13/h2-6,12,14,20-21H,7-11H2,1H3.